The molecule has 0 atom stereocenters. The van der Waals surface area contributed by atoms with Crippen LogP contribution in [0.3, 0.4) is 0 Å². The first-order valence-corrected chi connectivity index (χ1v) is 7.48. The predicted octanol–water partition coefficient (Wildman–Crippen LogP) is 1.02. The molecule has 1 aliphatic rings. The molecule has 19 heavy (non-hydrogen) atoms. The quantitative estimate of drug-likeness (QED) is 0.614. The number of amides is 2. The van der Waals surface area contributed by atoms with Crippen LogP contribution in [0.5, 0.6) is 0 Å². The van der Waals surface area contributed by atoms with E-state index < -0.39 is 0 Å². The molecule has 0 spiro atoms. The van der Waals surface area contributed by atoms with Gasteiger partial charge in [-0.2, -0.15) is 0 Å². The molecule has 0 aliphatic carbocycles. The summed E-state index contributed by atoms with van der Waals surface area (Å²) >= 11 is 0. The Morgan fingerprint density at radius 3 is 2.37 bits per heavy atom. The highest BCUT2D eigenvalue weighted by atomic mass is 16.2. The fourth-order valence-electron chi connectivity index (χ4n) is 2.31. The highest BCUT2D eigenvalue weighted by Crippen LogP contribution is 2.08. The third kappa shape index (κ3) is 7.15. The van der Waals surface area contributed by atoms with Crippen molar-refractivity contribution in [2.24, 2.45) is 5.73 Å². The van der Waals surface area contributed by atoms with E-state index in [4.69, 9.17) is 5.73 Å². The summed E-state index contributed by atoms with van der Waals surface area (Å²) in [6, 6.07) is 0. The molecule has 0 radical (unpaired) electrons. The summed E-state index contributed by atoms with van der Waals surface area (Å²) in [7, 11) is 0. The maximum absolute atomic E-state index is 11.7. The Balaban J connectivity index is 1.96. The van der Waals surface area contributed by atoms with Crippen LogP contribution >= 0.6 is 0 Å². The Morgan fingerprint density at radius 2 is 1.68 bits per heavy atom. The topological polar surface area (TPSA) is 75.4 Å². The van der Waals surface area contributed by atoms with E-state index in [1.165, 1.54) is 0 Å². The van der Waals surface area contributed by atoms with E-state index in [1.54, 1.807) is 0 Å². The molecule has 0 aromatic rings. The number of rotatable bonds is 9. The van der Waals surface area contributed by atoms with Crippen molar-refractivity contribution in [2.75, 3.05) is 26.2 Å². The van der Waals surface area contributed by atoms with Crippen molar-refractivity contribution in [3.8, 4) is 0 Å². The van der Waals surface area contributed by atoms with E-state index in [9.17, 15) is 9.59 Å². The summed E-state index contributed by atoms with van der Waals surface area (Å²) in [4.78, 5) is 25.1. The summed E-state index contributed by atoms with van der Waals surface area (Å²) < 4.78 is 0. The maximum atomic E-state index is 11.7. The standard InChI is InChI=1S/C14H27N3O2/c15-9-4-2-1-3-7-13(18)16-10-8-14(19)17-11-5-6-12-17/h1-12,15H2,(H,16,18). The van der Waals surface area contributed by atoms with E-state index in [1.807, 2.05) is 4.90 Å². The average Bonchev–Trinajstić information content (AvgIpc) is 2.92. The second kappa shape index (κ2) is 9.78. The zero-order valence-electron chi connectivity index (χ0n) is 11.8. The van der Waals surface area contributed by atoms with E-state index in [0.717, 1.165) is 58.2 Å². The molecule has 1 heterocycles. The first-order chi connectivity index (χ1) is 9.24. The van der Waals surface area contributed by atoms with E-state index in [-0.39, 0.29) is 11.8 Å². The Bertz CT molecular complexity index is 276. The van der Waals surface area contributed by atoms with Gasteiger partial charge >= 0.3 is 0 Å². The number of carbonyl (C=O) groups excluding carboxylic acids is 2. The van der Waals surface area contributed by atoms with Gasteiger partial charge in [0.25, 0.3) is 0 Å². The molecule has 0 bridgehead atoms. The minimum absolute atomic E-state index is 0.0574. The number of likely N-dealkylation sites (tertiary alicyclic amines) is 1. The Labute approximate surface area is 115 Å². The summed E-state index contributed by atoms with van der Waals surface area (Å²) in [5.74, 6) is 0.225. The molecule has 5 heteroatoms. The van der Waals surface area contributed by atoms with Gasteiger partial charge in [-0.05, 0) is 32.2 Å². The van der Waals surface area contributed by atoms with Gasteiger partial charge in [-0.25, -0.2) is 0 Å². The largest absolute Gasteiger partial charge is 0.356 e. The van der Waals surface area contributed by atoms with Crippen LogP contribution < -0.4 is 11.1 Å². The molecule has 0 saturated carbocycles. The first kappa shape index (κ1) is 16.0. The number of hydrogen-bond acceptors (Lipinski definition) is 3. The predicted molar refractivity (Wildman–Crippen MR) is 75.6 cm³/mol. The van der Waals surface area contributed by atoms with Gasteiger partial charge in [0, 0.05) is 32.5 Å². The summed E-state index contributed by atoms with van der Waals surface area (Å²) in [5.41, 5.74) is 5.40. The summed E-state index contributed by atoms with van der Waals surface area (Å²) in [6.07, 6.45) is 7.30. The normalized spacial score (nSPS) is 14.7. The zero-order valence-corrected chi connectivity index (χ0v) is 11.8. The zero-order chi connectivity index (χ0) is 13.9. The average molecular weight is 269 g/mol. The second-order valence-electron chi connectivity index (χ2n) is 5.14. The molecule has 3 N–H and O–H groups in total. The minimum atomic E-state index is 0.0574. The fraction of sp³-hybridized carbons (Fsp3) is 0.857. The van der Waals surface area contributed by atoms with Crippen LogP contribution in [-0.2, 0) is 9.59 Å². The van der Waals surface area contributed by atoms with Gasteiger partial charge in [0.2, 0.25) is 11.8 Å². The number of hydrogen-bond donors (Lipinski definition) is 2. The van der Waals surface area contributed by atoms with Gasteiger partial charge in [0.05, 0.1) is 0 Å². The van der Waals surface area contributed by atoms with Gasteiger partial charge < -0.3 is 16.0 Å². The smallest absolute Gasteiger partial charge is 0.224 e. The number of unbranched alkanes of at least 4 members (excludes halogenated alkanes) is 3. The molecule has 1 saturated heterocycles. The van der Waals surface area contributed by atoms with Crippen LogP contribution in [0.1, 0.15) is 51.4 Å². The van der Waals surface area contributed by atoms with Crippen LogP contribution in [0.2, 0.25) is 0 Å². The van der Waals surface area contributed by atoms with Crippen LogP contribution in [0.15, 0.2) is 0 Å². The highest BCUT2D eigenvalue weighted by Gasteiger charge is 2.17. The monoisotopic (exact) mass is 269 g/mol. The first-order valence-electron chi connectivity index (χ1n) is 7.48. The van der Waals surface area contributed by atoms with Crippen molar-refractivity contribution in [1.82, 2.24) is 10.2 Å². The molecular weight excluding hydrogens is 242 g/mol. The molecule has 1 fully saturated rings. The molecule has 0 aromatic heterocycles. The molecule has 1 aliphatic heterocycles. The van der Waals surface area contributed by atoms with Crippen LogP contribution in [-0.4, -0.2) is 42.9 Å². The third-order valence-electron chi connectivity index (χ3n) is 3.48. The highest BCUT2D eigenvalue weighted by molar-refractivity contribution is 5.79. The summed E-state index contributed by atoms with van der Waals surface area (Å²) in [5, 5.41) is 2.82. The van der Waals surface area contributed by atoms with Crippen LogP contribution in [0.25, 0.3) is 0 Å². The fourth-order valence-corrected chi connectivity index (χ4v) is 2.31. The van der Waals surface area contributed by atoms with Crippen molar-refractivity contribution >= 4 is 11.8 Å². The second-order valence-corrected chi connectivity index (χ2v) is 5.14. The molecule has 5 nitrogen and oxygen atoms in total. The maximum Gasteiger partial charge on any atom is 0.224 e. The van der Waals surface area contributed by atoms with Gasteiger partial charge in [0.15, 0.2) is 0 Å². The number of carbonyl (C=O) groups is 2. The van der Waals surface area contributed by atoms with Gasteiger partial charge in [-0.3, -0.25) is 9.59 Å². The van der Waals surface area contributed by atoms with Crippen molar-refractivity contribution in [1.29, 1.82) is 0 Å². The Kier molecular flexibility index (Phi) is 8.21. The van der Waals surface area contributed by atoms with E-state index in [0.29, 0.717) is 19.4 Å². The van der Waals surface area contributed by atoms with Gasteiger partial charge in [-0.1, -0.05) is 12.8 Å². The lowest BCUT2D eigenvalue weighted by Crippen LogP contribution is -2.32. The lowest BCUT2D eigenvalue weighted by molar-refractivity contribution is -0.130. The molecule has 110 valence electrons. The lowest BCUT2D eigenvalue weighted by Gasteiger charge is -2.15. The van der Waals surface area contributed by atoms with Gasteiger partial charge in [0.1, 0.15) is 0 Å². The Morgan fingerprint density at radius 1 is 1.00 bits per heavy atom. The van der Waals surface area contributed by atoms with E-state index in [2.05, 4.69) is 5.32 Å². The number of nitrogens with zero attached hydrogens (tertiary/aromatic N) is 1. The van der Waals surface area contributed by atoms with Crippen LogP contribution in [0.4, 0.5) is 0 Å². The van der Waals surface area contributed by atoms with Crippen molar-refractivity contribution in [2.45, 2.75) is 51.4 Å². The van der Waals surface area contributed by atoms with E-state index >= 15 is 0 Å². The van der Waals surface area contributed by atoms with Crippen molar-refractivity contribution in [3.63, 3.8) is 0 Å². The lowest BCUT2D eigenvalue weighted by atomic mass is 10.1. The minimum Gasteiger partial charge on any atom is -0.356 e. The van der Waals surface area contributed by atoms with Crippen molar-refractivity contribution < 1.29 is 9.59 Å². The molecule has 0 unspecified atom stereocenters. The number of nitrogens with one attached hydrogen (secondary N) is 1. The third-order valence-corrected chi connectivity index (χ3v) is 3.48. The summed E-state index contributed by atoms with van der Waals surface area (Å²) in [6.45, 7) is 2.96. The van der Waals surface area contributed by atoms with Gasteiger partial charge in [-0.15, -0.1) is 0 Å². The molecule has 2 amide bonds. The molecule has 0 aromatic carbocycles. The molecular formula is C14H27N3O2. The number of nitrogens with two attached hydrogens (primary N) is 1. The Hall–Kier alpha value is -1.10. The SMILES string of the molecule is NCCCCCCC(=O)NCCC(=O)N1CCCC1. The van der Waals surface area contributed by atoms with Crippen molar-refractivity contribution in [3.05, 3.63) is 0 Å². The molecule has 1 rings (SSSR count). The van der Waals surface area contributed by atoms with Crippen LogP contribution in [0, 0.1) is 0 Å².